The Morgan fingerprint density at radius 3 is 3.33 bits per heavy atom. The van der Waals surface area contributed by atoms with Crippen LogP contribution in [-0.4, -0.2) is 33.5 Å². The van der Waals surface area contributed by atoms with E-state index in [-0.39, 0.29) is 0 Å². The average molecular weight is 184 g/mol. The van der Waals surface area contributed by atoms with Gasteiger partial charge in [-0.3, -0.25) is 5.10 Å². The zero-order chi connectivity index (χ0) is 8.23. The second kappa shape index (κ2) is 3.91. The maximum Gasteiger partial charge on any atom is 0.183 e. The lowest BCUT2D eigenvalue weighted by Gasteiger charge is -2.06. The molecule has 1 aliphatic rings. The van der Waals surface area contributed by atoms with Crippen LogP contribution in [0.15, 0.2) is 11.5 Å². The largest absolute Gasteiger partial charge is 0.313 e. The molecule has 0 saturated carbocycles. The number of aromatic nitrogens is 3. The molecule has 0 aliphatic carbocycles. The highest BCUT2D eigenvalue weighted by Gasteiger charge is 2.14. The van der Waals surface area contributed by atoms with Gasteiger partial charge in [-0.2, -0.15) is 5.10 Å². The number of nitrogens with one attached hydrogen (secondary N) is 2. The lowest BCUT2D eigenvalue weighted by molar-refractivity contribution is 0.673. The molecule has 1 aromatic rings. The molecular weight excluding hydrogens is 172 g/mol. The highest BCUT2D eigenvalue weighted by atomic mass is 32.2. The summed E-state index contributed by atoms with van der Waals surface area (Å²) >= 11 is 1.73. The molecule has 2 heterocycles. The molecule has 66 valence electrons. The Morgan fingerprint density at radius 2 is 2.67 bits per heavy atom. The quantitative estimate of drug-likeness (QED) is 0.677. The smallest absolute Gasteiger partial charge is 0.183 e. The van der Waals surface area contributed by atoms with Crippen molar-refractivity contribution in [1.29, 1.82) is 0 Å². The van der Waals surface area contributed by atoms with E-state index in [1.807, 2.05) is 0 Å². The van der Waals surface area contributed by atoms with E-state index in [0.717, 1.165) is 10.9 Å². The molecule has 1 atom stereocenters. The Hall–Kier alpha value is -0.550. The SMILES string of the molecule is c1n[nH]c(SC[C@H]2CCCN2)n1. The number of hydrogen-bond acceptors (Lipinski definition) is 4. The van der Waals surface area contributed by atoms with E-state index < -0.39 is 0 Å². The van der Waals surface area contributed by atoms with Crippen molar-refractivity contribution in [3.63, 3.8) is 0 Å². The van der Waals surface area contributed by atoms with Gasteiger partial charge in [0.05, 0.1) is 0 Å². The van der Waals surface area contributed by atoms with E-state index in [4.69, 9.17) is 0 Å². The monoisotopic (exact) mass is 184 g/mol. The number of rotatable bonds is 3. The molecule has 2 rings (SSSR count). The molecule has 1 fully saturated rings. The first kappa shape index (κ1) is 8.07. The molecule has 1 aliphatic heterocycles. The summed E-state index contributed by atoms with van der Waals surface area (Å²) in [6.45, 7) is 1.17. The topological polar surface area (TPSA) is 53.6 Å². The van der Waals surface area contributed by atoms with Gasteiger partial charge in [0.15, 0.2) is 5.16 Å². The third-order valence-electron chi connectivity index (χ3n) is 1.98. The summed E-state index contributed by atoms with van der Waals surface area (Å²) < 4.78 is 0. The van der Waals surface area contributed by atoms with Crippen LogP contribution in [0.1, 0.15) is 12.8 Å². The highest BCUT2D eigenvalue weighted by Crippen LogP contribution is 2.16. The van der Waals surface area contributed by atoms with E-state index in [9.17, 15) is 0 Å². The van der Waals surface area contributed by atoms with Crippen LogP contribution in [0.4, 0.5) is 0 Å². The predicted octanol–water partition coefficient (Wildman–Crippen LogP) is 0.649. The minimum Gasteiger partial charge on any atom is -0.313 e. The lowest BCUT2D eigenvalue weighted by atomic mass is 10.3. The first-order valence-electron chi connectivity index (χ1n) is 4.17. The van der Waals surface area contributed by atoms with E-state index in [2.05, 4.69) is 20.5 Å². The third kappa shape index (κ3) is 1.98. The van der Waals surface area contributed by atoms with Crippen LogP contribution in [0.25, 0.3) is 0 Å². The molecule has 0 aromatic carbocycles. The average Bonchev–Trinajstić information content (AvgIpc) is 2.74. The first-order chi connectivity index (χ1) is 5.95. The van der Waals surface area contributed by atoms with Crippen LogP contribution in [0, 0.1) is 0 Å². The van der Waals surface area contributed by atoms with Crippen LogP contribution >= 0.6 is 11.8 Å². The molecule has 4 nitrogen and oxygen atoms in total. The fraction of sp³-hybridized carbons (Fsp3) is 0.714. The molecule has 12 heavy (non-hydrogen) atoms. The zero-order valence-electron chi connectivity index (χ0n) is 6.79. The third-order valence-corrected chi connectivity index (χ3v) is 3.02. The Morgan fingerprint density at radius 1 is 1.67 bits per heavy atom. The minimum atomic E-state index is 0.667. The zero-order valence-corrected chi connectivity index (χ0v) is 7.60. The van der Waals surface area contributed by atoms with Gasteiger partial charge in [-0.1, -0.05) is 11.8 Å². The molecule has 5 heteroatoms. The van der Waals surface area contributed by atoms with E-state index in [1.54, 1.807) is 18.1 Å². The maximum absolute atomic E-state index is 4.05. The van der Waals surface area contributed by atoms with Crippen LogP contribution in [0.5, 0.6) is 0 Å². The van der Waals surface area contributed by atoms with Crippen molar-refractivity contribution in [2.24, 2.45) is 0 Å². The van der Waals surface area contributed by atoms with Crippen molar-refractivity contribution in [3.8, 4) is 0 Å². The Bertz CT molecular complexity index is 217. The van der Waals surface area contributed by atoms with E-state index in [0.29, 0.717) is 6.04 Å². The predicted molar refractivity (Wildman–Crippen MR) is 48.1 cm³/mol. The highest BCUT2D eigenvalue weighted by molar-refractivity contribution is 7.99. The fourth-order valence-corrected chi connectivity index (χ4v) is 2.22. The van der Waals surface area contributed by atoms with Crippen molar-refractivity contribution >= 4 is 11.8 Å². The van der Waals surface area contributed by atoms with Gasteiger partial charge in [0.1, 0.15) is 6.33 Å². The van der Waals surface area contributed by atoms with Crippen LogP contribution in [0.3, 0.4) is 0 Å². The molecule has 1 aromatic heterocycles. The van der Waals surface area contributed by atoms with Gasteiger partial charge in [-0.05, 0) is 19.4 Å². The Labute approximate surface area is 75.5 Å². The summed E-state index contributed by atoms with van der Waals surface area (Å²) in [6.07, 6.45) is 4.15. The van der Waals surface area contributed by atoms with E-state index in [1.165, 1.54) is 19.4 Å². The molecule has 0 unspecified atom stereocenters. The number of thioether (sulfide) groups is 1. The number of nitrogens with zero attached hydrogens (tertiary/aromatic N) is 2. The fourth-order valence-electron chi connectivity index (χ4n) is 1.34. The van der Waals surface area contributed by atoms with Crippen LogP contribution in [0.2, 0.25) is 0 Å². The molecule has 0 bridgehead atoms. The van der Waals surface area contributed by atoms with Gasteiger partial charge in [0, 0.05) is 11.8 Å². The second-order valence-corrected chi connectivity index (χ2v) is 3.90. The molecular formula is C7H12N4S. The Balaban J connectivity index is 1.74. The summed E-state index contributed by atoms with van der Waals surface area (Å²) in [5.74, 6) is 1.09. The van der Waals surface area contributed by atoms with E-state index >= 15 is 0 Å². The minimum absolute atomic E-state index is 0.667. The molecule has 0 radical (unpaired) electrons. The van der Waals surface area contributed by atoms with Gasteiger partial charge < -0.3 is 5.32 Å². The molecule has 0 spiro atoms. The van der Waals surface area contributed by atoms with Gasteiger partial charge in [0.25, 0.3) is 0 Å². The number of H-pyrrole nitrogens is 1. The standard InChI is InChI=1S/C7H12N4S/c1-2-6(8-3-1)4-12-7-9-5-10-11-7/h5-6,8H,1-4H2,(H,9,10,11)/t6-/m1/s1. The molecule has 0 amide bonds. The number of aromatic amines is 1. The lowest BCUT2D eigenvalue weighted by Crippen LogP contribution is -2.23. The maximum atomic E-state index is 4.05. The summed E-state index contributed by atoms with van der Waals surface area (Å²) in [5, 5.41) is 11.0. The summed E-state index contributed by atoms with van der Waals surface area (Å²) in [4.78, 5) is 4.05. The van der Waals surface area contributed by atoms with Gasteiger partial charge in [-0.15, -0.1) is 0 Å². The summed E-state index contributed by atoms with van der Waals surface area (Å²) in [5.41, 5.74) is 0. The van der Waals surface area contributed by atoms with Crippen LogP contribution < -0.4 is 5.32 Å². The normalized spacial score (nSPS) is 23.2. The van der Waals surface area contributed by atoms with Gasteiger partial charge in [-0.25, -0.2) is 4.98 Å². The van der Waals surface area contributed by atoms with Crippen LogP contribution in [-0.2, 0) is 0 Å². The second-order valence-electron chi connectivity index (χ2n) is 2.89. The van der Waals surface area contributed by atoms with Crippen molar-refractivity contribution in [2.75, 3.05) is 12.3 Å². The van der Waals surface area contributed by atoms with Crippen molar-refractivity contribution in [2.45, 2.75) is 24.0 Å². The summed E-state index contributed by atoms with van der Waals surface area (Å²) in [7, 11) is 0. The Kier molecular flexibility index (Phi) is 2.63. The first-order valence-corrected chi connectivity index (χ1v) is 5.15. The number of hydrogen-bond donors (Lipinski definition) is 2. The van der Waals surface area contributed by atoms with Crippen molar-refractivity contribution in [1.82, 2.24) is 20.5 Å². The van der Waals surface area contributed by atoms with Crippen molar-refractivity contribution in [3.05, 3.63) is 6.33 Å². The molecule has 1 saturated heterocycles. The molecule has 2 N–H and O–H groups in total. The summed E-state index contributed by atoms with van der Waals surface area (Å²) in [6, 6.07) is 0.667. The van der Waals surface area contributed by atoms with Gasteiger partial charge in [0.2, 0.25) is 0 Å². The van der Waals surface area contributed by atoms with Crippen molar-refractivity contribution < 1.29 is 0 Å². The van der Waals surface area contributed by atoms with Gasteiger partial charge >= 0.3 is 0 Å².